The fourth-order valence-corrected chi connectivity index (χ4v) is 3.80. The molecule has 3 rings (SSSR count). The Labute approximate surface area is 145 Å². The molecule has 0 bridgehead atoms. The summed E-state index contributed by atoms with van der Waals surface area (Å²) in [5.74, 6) is 0.421. The van der Waals surface area contributed by atoms with Gasteiger partial charge in [0, 0.05) is 31.0 Å². The highest BCUT2D eigenvalue weighted by atomic mass is 32.1. The molecule has 0 aliphatic carbocycles. The normalized spacial score (nSPS) is 15.4. The summed E-state index contributed by atoms with van der Waals surface area (Å²) in [5, 5.41) is 13.4. The molecule has 2 heterocycles. The molecule has 1 saturated heterocycles. The molecule has 2 aromatic rings. The van der Waals surface area contributed by atoms with Crippen molar-refractivity contribution in [2.75, 3.05) is 13.1 Å². The molecular formula is C19H21NO3S. The Bertz CT molecular complexity index is 686. The standard InChI is InChI=1S/C19H21NO3S/c21-17-4-2-15(3-5-17)19(23)16-7-10-20(11-8-16)18(22)6-1-14-9-12-24-13-14/h2-5,9,12-13,16,21H,1,6-8,10-11H2. The maximum absolute atomic E-state index is 12.5. The minimum atomic E-state index is -0.0320. The summed E-state index contributed by atoms with van der Waals surface area (Å²) >= 11 is 1.65. The van der Waals surface area contributed by atoms with Crippen LogP contribution in [0.25, 0.3) is 0 Å². The first-order valence-corrected chi connectivity index (χ1v) is 9.20. The number of likely N-dealkylation sites (tertiary alicyclic amines) is 1. The minimum Gasteiger partial charge on any atom is -0.508 e. The number of hydrogen-bond acceptors (Lipinski definition) is 4. The molecule has 1 aliphatic rings. The number of benzene rings is 1. The van der Waals surface area contributed by atoms with Gasteiger partial charge in [0.2, 0.25) is 5.91 Å². The average Bonchev–Trinajstić information content (AvgIpc) is 3.13. The number of hydrogen-bond donors (Lipinski definition) is 1. The number of ketones is 1. The predicted molar refractivity (Wildman–Crippen MR) is 94.4 cm³/mol. The Balaban J connectivity index is 1.49. The number of Topliss-reactive ketones (excluding diaryl/α,β-unsaturated/α-hetero) is 1. The number of rotatable bonds is 5. The second-order valence-electron chi connectivity index (χ2n) is 6.20. The molecule has 1 aliphatic heterocycles. The summed E-state index contributed by atoms with van der Waals surface area (Å²) in [7, 11) is 0. The van der Waals surface area contributed by atoms with Crippen molar-refractivity contribution in [3.63, 3.8) is 0 Å². The lowest BCUT2D eigenvalue weighted by molar-refractivity contribution is -0.132. The van der Waals surface area contributed by atoms with Crippen LogP contribution in [0.4, 0.5) is 0 Å². The fourth-order valence-electron chi connectivity index (χ4n) is 3.10. The van der Waals surface area contributed by atoms with E-state index in [1.165, 1.54) is 17.7 Å². The summed E-state index contributed by atoms with van der Waals surface area (Å²) < 4.78 is 0. The van der Waals surface area contributed by atoms with Gasteiger partial charge in [0.15, 0.2) is 5.78 Å². The van der Waals surface area contributed by atoms with Crippen molar-refractivity contribution in [1.29, 1.82) is 0 Å². The summed E-state index contributed by atoms with van der Waals surface area (Å²) in [6, 6.07) is 8.46. The van der Waals surface area contributed by atoms with Crippen molar-refractivity contribution >= 4 is 23.0 Å². The van der Waals surface area contributed by atoms with Crippen LogP contribution >= 0.6 is 11.3 Å². The van der Waals surface area contributed by atoms with Gasteiger partial charge in [-0.05, 0) is 65.9 Å². The van der Waals surface area contributed by atoms with E-state index in [1.54, 1.807) is 23.5 Å². The average molecular weight is 343 g/mol. The molecule has 0 spiro atoms. The number of aromatic hydroxyl groups is 1. The summed E-state index contributed by atoms with van der Waals surface area (Å²) in [6.45, 7) is 1.30. The van der Waals surface area contributed by atoms with E-state index in [-0.39, 0.29) is 23.4 Å². The number of carbonyl (C=O) groups is 2. The first-order valence-electron chi connectivity index (χ1n) is 8.25. The van der Waals surface area contributed by atoms with Crippen molar-refractivity contribution in [3.05, 3.63) is 52.2 Å². The number of aryl methyl sites for hydroxylation is 1. The third kappa shape index (κ3) is 4.03. The summed E-state index contributed by atoms with van der Waals surface area (Å²) in [6.07, 6.45) is 2.75. The van der Waals surface area contributed by atoms with Crippen LogP contribution in [0.2, 0.25) is 0 Å². The van der Waals surface area contributed by atoms with Crippen LogP contribution in [0.15, 0.2) is 41.1 Å². The Morgan fingerprint density at radius 1 is 1.12 bits per heavy atom. The molecule has 4 nitrogen and oxygen atoms in total. The van der Waals surface area contributed by atoms with Crippen LogP contribution in [0.1, 0.15) is 35.2 Å². The van der Waals surface area contributed by atoms with Crippen LogP contribution in [0.3, 0.4) is 0 Å². The van der Waals surface area contributed by atoms with E-state index >= 15 is 0 Å². The highest BCUT2D eigenvalue weighted by molar-refractivity contribution is 7.07. The molecule has 0 atom stereocenters. The van der Waals surface area contributed by atoms with Gasteiger partial charge < -0.3 is 10.0 Å². The van der Waals surface area contributed by atoms with Crippen LogP contribution in [0.5, 0.6) is 5.75 Å². The van der Waals surface area contributed by atoms with Gasteiger partial charge in [0.25, 0.3) is 0 Å². The quantitative estimate of drug-likeness (QED) is 0.845. The maximum Gasteiger partial charge on any atom is 0.222 e. The van der Waals surface area contributed by atoms with E-state index in [1.807, 2.05) is 10.3 Å². The van der Waals surface area contributed by atoms with Crippen LogP contribution < -0.4 is 0 Å². The number of piperidine rings is 1. The lowest BCUT2D eigenvalue weighted by Gasteiger charge is -2.31. The second kappa shape index (κ2) is 7.62. The number of amides is 1. The van der Waals surface area contributed by atoms with Crippen LogP contribution in [0, 0.1) is 5.92 Å². The SMILES string of the molecule is O=C(c1ccc(O)cc1)C1CCN(C(=O)CCc2ccsc2)CC1. The van der Waals surface area contributed by atoms with Gasteiger partial charge in [0.05, 0.1) is 0 Å². The van der Waals surface area contributed by atoms with Crippen LogP contribution in [-0.4, -0.2) is 34.8 Å². The Morgan fingerprint density at radius 3 is 2.46 bits per heavy atom. The van der Waals surface area contributed by atoms with E-state index in [4.69, 9.17) is 0 Å². The first-order chi connectivity index (χ1) is 11.6. The molecule has 0 unspecified atom stereocenters. The molecule has 24 heavy (non-hydrogen) atoms. The van der Waals surface area contributed by atoms with Crippen molar-refractivity contribution in [2.24, 2.45) is 5.92 Å². The zero-order valence-electron chi connectivity index (χ0n) is 13.5. The maximum atomic E-state index is 12.5. The molecule has 5 heteroatoms. The predicted octanol–water partition coefficient (Wildman–Crippen LogP) is 3.51. The number of nitrogens with zero attached hydrogens (tertiary/aromatic N) is 1. The van der Waals surface area contributed by atoms with Crippen molar-refractivity contribution in [1.82, 2.24) is 4.90 Å². The number of phenolic OH excluding ortho intramolecular Hbond substituents is 1. The van der Waals surface area contributed by atoms with E-state index < -0.39 is 0 Å². The molecule has 1 aromatic heterocycles. The van der Waals surface area contributed by atoms with Gasteiger partial charge in [-0.3, -0.25) is 9.59 Å². The second-order valence-corrected chi connectivity index (χ2v) is 6.98. The molecule has 0 radical (unpaired) electrons. The molecule has 1 N–H and O–H groups in total. The molecule has 1 aromatic carbocycles. The van der Waals surface area contributed by atoms with Gasteiger partial charge in [0.1, 0.15) is 5.75 Å². The van der Waals surface area contributed by atoms with E-state index in [0.29, 0.717) is 37.9 Å². The highest BCUT2D eigenvalue weighted by Gasteiger charge is 2.27. The third-order valence-corrected chi connectivity index (χ3v) is 5.31. The van der Waals surface area contributed by atoms with Crippen molar-refractivity contribution < 1.29 is 14.7 Å². The largest absolute Gasteiger partial charge is 0.508 e. The fraction of sp³-hybridized carbons (Fsp3) is 0.368. The lowest BCUT2D eigenvalue weighted by atomic mass is 9.88. The topological polar surface area (TPSA) is 57.6 Å². The third-order valence-electron chi connectivity index (χ3n) is 4.58. The summed E-state index contributed by atoms with van der Waals surface area (Å²) in [4.78, 5) is 26.7. The van der Waals surface area contributed by atoms with Crippen molar-refractivity contribution in [2.45, 2.75) is 25.7 Å². The summed E-state index contributed by atoms with van der Waals surface area (Å²) in [5.41, 5.74) is 1.85. The van der Waals surface area contributed by atoms with Gasteiger partial charge >= 0.3 is 0 Å². The highest BCUT2D eigenvalue weighted by Crippen LogP contribution is 2.23. The van der Waals surface area contributed by atoms with Gasteiger partial charge in [-0.2, -0.15) is 11.3 Å². The molecule has 126 valence electrons. The first kappa shape index (κ1) is 16.7. The van der Waals surface area contributed by atoms with Crippen LogP contribution in [-0.2, 0) is 11.2 Å². The number of phenols is 1. The number of thiophene rings is 1. The molecule has 0 saturated carbocycles. The number of carbonyl (C=O) groups excluding carboxylic acids is 2. The Kier molecular flexibility index (Phi) is 5.30. The smallest absolute Gasteiger partial charge is 0.222 e. The van der Waals surface area contributed by atoms with Gasteiger partial charge in [-0.1, -0.05) is 0 Å². The van der Waals surface area contributed by atoms with Crippen molar-refractivity contribution in [3.8, 4) is 5.75 Å². The minimum absolute atomic E-state index is 0.0320. The monoisotopic (exact) mass is 343 g/mol. The molecule has 1 amide bonds. The molecule has 1 fully saturated rings. The zero-order valence-corrected chi connectivity index (χ0v) is 14.3. The van der Waals surface area contributed by atoms with E-state index in [2.05, 4.69) is 11.4 Å². The van der Waals surface area contributed by atoms with Gasteiger partial charge in [-0.15, -0.1) is 0 Å². The zero-order chi connectivity index (χ0) is 16.9. The Hall–Kier alpha value is -2.14. The van der Waals surface area contributed by atoms with E-state index in [9.17, 15) is 14.7 Å². The van der Waals surface area contributed by atoms with Gasteiger partial charge in [-0.25, -0.2) is 0 Å². The van der Waals surface area contributed by atoms with E-state index in [0.717, 1.165) is 6.42 Å². The lowest BCUT2D eigenvalue weighted by Crippen LogP contribution is -2.40. The molecular weight excluding hydrogens is 322 g/mol. The Morgan fingerprint density at radius 2 is 1.83 bits per heavy atom.